The van der Waals surface area contributed by atoms with Crippen LogP contribution in [0.3, 0.4) is 0 Å². The van der Waals surface area contributed by atoms with Gasteiger partial charge in [0.05, 0.1) is 0 Å². The molecule has 0 radical (unpaired) electrons. The zero-order chi connectivity index (χ0) is 15.9. The van der Waals surface area contributed by atoms with Crippen molar-refractivity contribution in [1.82, 2.24) is 10.2 Å². The van der Waals surface area contributed by atoms with Crippen LogP contribution in [0.2, 0.25) is 0 Å². The van der Waals surface area contributed by atoms with E-state index in [-0.39, 0.29) is 5.54 Å². The number of nitrogens with one attached hydrogen (secondary N) is 1. The molecule has 126 valence electrons. The van der Waals surface area contributed by atoms with Crippen LogP contribution in [0.5, 0.6) is 0 Å². The highest BCUT2D eigenvalue weighted by molar-refractivity contribution is 4.89. The van der Waals surface area contributed by atoms with Crippen molar-refractivity contribution in [1.29, 1.82) is 0 Å². The van der Waals surface area contributed by atoms with E-state index >= 15 is 0 Å². The van der Waals surface area contributed by atoms with Gasteiger partial charge >= 0.3 is 0 Å². The summed E-state index contributed by atoms with van der Waals surface area (Å²) in [5.41, 5.74) is 0.716. The number of nitrogens with zero attached hydrogens (tertiary/aromatic N) is 1. The Morgan fingerprint density at radius 2 is 1.67 bits per heavy atom. The first kappa shape index (κ1) is 19.0. The summed E-state index contributed by atoms with van der Waals surface area (Å²) in [6.45, 7) is 14.0. The minimum Gasteiger partial charge on any atom is -0.311 e. The summed E-state index contributed by atoms with van der Waals surface area (Å²) in [6.07, 6.45) is 11.1. The van der Waals surface area contributed by atoms with E-state index in [1.165, 1.54) is 64.5 Å². The molecule has 0 bridgehead atoms. The molecular formula is C19H40N2. The van der Waals surface area contributed by atoms with Crippen LogP contribution in [-0.4, -0.2) is 36.6 Å². The van der Waals surface area contributed by atoms with Crippen molar-refractivity contribution in [2.75, 3.05) is 20.1 Å². The SMILES string of the molecule is CCCC(C)N(C)CC1(CNC(C)(C)C)CCCCCC1. The molecule has 2 nitrogen and oxygen atoms in total. The van der Waals surface area contributed by atoms with Gasteiger partial charge in [-0.25, -0.2) is 0 Å². The molecule has 1 N–H and O–H groups in total. The number of hydrogen-bond donors (Lipinski definition) is 1. The third kappa shape index (κ3) is 7.15. The number of rotatable bonds is 7. The molecule has 1 aliphatic carbocycles. The summed E-state index contributed by atoms with van der Waals surface area (Å²) < 4.78 is 0. The topological polar surface area (TPSA) is 15.3 Å². The van der Waals surface area contributed by atoms with Crippen molar-refractivity contribution in [3.05, 3.63) is 0 Å². The zero-order valence-electron chi connectivity index (χ0n) is 15.6. The summed E-state index contributed by atoms with van der Waals surface area (Å²) in [6, 6.07) is 0.713. The molecule has 0 aromatic rings. The molecule has 0 aromatic carbocycles. The second-order valence-electron chi connectivity index (χ2n) is 8.57. The Kier molecular flexibility index (Phi) is 7.70. The lowest BCUT2D eigenvalue weighted by atomic mass is 9.78. The van der Waals surface area contributed by atoms with Crippen molar-refractivity contribution in [2.45, 2.75) is 97.6 Å². The molecular weight excluding hydrogens is 256 g/mol. The summed E-state index contributed by atoms with van der Waals surface area (Å²) in [7, 11) is 2.34. The van der Waals surface area contributed by atoms with E-state index in [2.05, 4.69) is 51.9 Å². The summed E-state index contributed by atoms with van der Waals surface area (Å²) in [5, 5.41) is 3.81. The molecule has 1 saturated carbocycles. The van der Waals surface area contributed by atoms with Crippen LogP contribution < -0.4 is 5.32 Å². The van der Waals surface area contributed by atoms with Crippen LogP contribution in [0.4, 0.5) is 0 Å². The van der Waals surface area contributed by atoms with E-state index in [4.69, 9.17) is 0 Å². The molecule has 0 aliphatic heterocycles. The van der Waals surface area contributed by atoms with Gasteiger partial charge in [-0.1, -0.05) is 39.0 Å². The average Bonchev–Trinajstić information content (AvgIpc) is 2.62. The summed E-state index contributed by atoms with van der Waals surface area (Å²) in [5.74, 6) is 0. The van der Waals surface area contributed by atoms with Crippen LogP contribution in [0.1, 0.15) is 86.0 Å². The Morgan fingerprint density at radius 3 is 2.14 bits per heavy atom. The monoisotopic (exact) mass is 296 g/mol. The minimum atomic E-state index is 0.229. The third-order valence-corrected chi connectivity index (χ3v) is 5.20. The second kappa shape index (κ2) is 8.53. The van der Waals surface area contributed by atoms with Crippen LogP contribution in [0, 0.1) is 5.41 Å². The highest BCUT2D eigenvalue weighted by Gasteiger charge is 2.33. The van der Waals surface area contributed by atoms with E-state index in [1.807, 2.05) is 0 Å². The first-order valence-corrected chi connectivity index (χ1v) is 9.23. The van der Waals surface area contributed by atoms with Crippen molar-refractivity contribution in [3.63, 3.8) is 0 Å². The maximum Gasteiger partial charge on any atom is 0.00967 e. The highest BCUT2D eigenvalue weighted by atomic mass is 15.1. The number of hydrogen-bond acceptors (Lipinski definition) is 2. The lowest BCUT2D eigenvalue weighted by Gasteiger charge is -2.41. The van der Waals surface area contributed by atoms with Crippen LogP contribution in [-0.2, 0) is 0 Å². The lowest BCUT2D eigenvalue weighted by molar-refractivity contribution is 0.109. The largest absolute Gasteiger partial charge is 0.311 e. The average molecular weight is 297 g/mol. The Bertz CT molecular complexity index is 272. The summed E-state index contributed by atoms with van der Waals surface area (Å²) in [4.78, 5) is 2.62. The maximum atomic E-state index is 3.81. The molecule has 1 aliphatic rings. The van der Waals surface area contributed by atoms with Gasteiger partial charge in [0.2, 0.25) is 0 Å². The van der Waals surface area contributed by atoms with Crippen molar-refractivity contribution in [2.24, 2.45) is 5.41 Å². The first-order valence-electron chi connectivity index (χ1n) is 9.23. The van der Waals surface area contributed by atoms with E-state index in [0.29, 0.717) is 11.5 Å². The van der Waals surface area contributed by atoms with E-state index in [9.17, 15) is 0 Å². The Hall–Kier alpha value is -0.0800. The normalized spacial score (nSPS) is 21.3. The molecule has 0 amide bonds. The van der Waals surface area contributed by atoms with Crippen LogP contribution >= 0.6 is 0 Å². The van der Waals surface area contributed by atoms with Gasteiger partial charge in [-0.2, -0.15) is 0 Å². The fourth-order valence-corrected chi connectivity index (χ4v) is 3.65. The van der Waals surface area contributed by atoms with Crippen LogP contribution in [0.15, 0.2) is 0 Å². The van der Waals surface area contributed by atoms with E-state index in [1.54, 1.807) is 0 Å². The Morgan fingerprint density at radius 1 is 1.10 bits per heavy atom. The minimum absolute atomic E-state index is 0.229. The molecule has 1 atom stereocenters. The predicted molar refractivity (Wildman–Crippen MR) is 94.9 cm³/mol. The van der Waals surface area contributed by atoms with Crippen LogP contribution in [0.25, 0.3) is 0 Å². The fraction of sp³-hybridized carbons (Fsp3) is 1.00. The molecule has 1 unspecified atom stereocenters. The Balaban J connectivity index is 2.70. The molecule has 2 heteroatoms. The quantitative estimate of drug-likeness (QED) is 0.677. The highest BCUT2D eigenvalue weighted by Crippen LogP contribution is 2.36. The molecule has 0 heterocycles. The molecule has 21 heavy (non-hydrogen) atoms. The lowest BCUT2D eigenvalue weighted by Crippen LogP contribution is -2.49. The third-order valence-electron chi connectivity index (χ3n) is 5.20. The Labute approximate surface area is 134 Å². The van der Waals surface area contributed by atoms with E-state index < -0.39 is 0 Å². The second-order valence-corrected chi connectivity index (χ2v) is 8.57. The van der Waals surface area contributed by atoms with E-state index in [0.717, 1.165) is 0 Å². The summed E-state index contributed by atoms with van der Waals surface area (Å²) >= 11 is 0. The molecule has 0 spiro atoms. The van der Waals surface area contributed by atoms with Gasteiger partial charge in [-0.15, -0.1) is 0 Å². The predicted octanol–water partition coefficient (Wildman–Crippen LogP) is 4.84. The van der Waals surface area contributed by atoms with Crippen molar-refractivity contribution < 1.29 is 0 Å². The zero-order valence-corrected chi connectivity index (χ0v) is 15.6. The van der Waals surface area contributed by atoms with Crippen molar-refractivity contribution in [3.8, 4) is 0 Å². The van der Waals surface area contributed by atoms with Gasteiger partial charge in [0.25, 0.3) is 0 Å². The molecule has 1 fully saturated rings. The van der Waals surface area contributed by atoms with Gasteiger partial charge in [-0.05, 0) is 59.4 Å². The maximum absolute atomic E-state index is 3.81. The van der Waals surface area contributed by atoms with Gasteiger partial charge in [0, 0.05) is 24.7 Å². The van der Waals surface area contributed by atoms with Gasteiger partial charge in [-0.3, -0.25) is 0 Å². The standard InChI is InChI=1S/C19H40N2/c1-7-12-17(2)21(6)16-19(15-20-18(3,4)5)13-10-8-9-11-14-19/h17,20H,7-16H2,1-6H3. The molecule has 0 aromatic heterocycles. The molecule has 0 saturated heterocycles. The van der Waals surface area contributed by atoms with Gasteiger partial charge in [0.1, 0.15) is 0 Å². The smallest absolute Gasteiger partial charge is 0.00967 e. The van der Waals surface area contributed by atoms with Gasteiger partial charge < -0.3 is 10.2 Å². The molecule has 1 rings (SSSR count). The van der Waals surface area contributed by atoms with Crippen molar-refractivity contribution >= 4 is 0 Å². The first-order chi connectivity index (χ1) is 9.78. The fourth-order valence-electron chi connectivity index (χ4n) is 3.65. The van der Waals surface area contributed by atoms with Gasteiger partial charge in [0.15, 0.2) is 0 Å².